The minimum atomic E-state index is -0.883. The summed E-state index contributed by atoms with van der Waals surface area (Å²) in [4.78, 5) is 73.4. The average Bonchev–Trinajstić information content (AvgIpc) is 2.33. The van der Waals surface area contributed by atoms with Crippen LogP contribution in [0.1, 0.15) is 145 Å². The topological polar surface area (TPSA) is 241 Å². The first-order valence-corrected chi connectivity index (χ1v) is 28.9. The molecule has 11 heterocycles. The largest absolute Gasteiger partial charge is 0.481 e. The van der Waals surface area contributed by atoms with Gasteiger partial charge in [-0.15, -0.1) is 0 Å². The molecule has 0 aromatic carbocycles. The molecule has 6 aliphatic rings. The molecule has 16 nitrogen and oxygen atoms in total. The van der Waals surface area contributed by atoms with Crippen LogP contribution in [-0.2, 0) is 47.4 Å². The van der Waals surface area contributed by atoms with Crippen molar-refractivity contribution >= 4 is 116 Å². The van der Waals surface area contributed by atoms with Gasteiger partial charge in [0.05, 0.1) is 22.8 Å². The normalized spacial score (nSPS) is 16.9. The van der Waals surface area contributed by atoms with Gasteiger partial charge in [-0.1, -0.05) is 25.3 Å². The van der Waals surface area contributed by atoms with Crippen LogP contribution in [0.2, 0.25) is 0 Å². The van der Waals surface area contributed by atoms with Crippen LogP contribution in [-0.4, -0.2) is 82.8 Å². The maximum absolute atomic E-state index is 11.8. The van der Waals surface area contributed by atoms with Crippen LogP contribution < -0.4 is 10.7 Å². The molecule has 85 heavy (non-hydrogen) atoms. The zero-order valence-electron chi connectivity index (χ0n) is 48.9. The summed E-state index contributed by atoms with van der Waals surface area (Å²) in [6.45, 7) is 32.4. The molecule has 17 heteroatoms. The van der Waals surface area contributed by atoms with Crippen molar-refractivity contribution in [3.05, 3.63) is 186 Å². The number of rotatable bonds is 16. The molecule has 0 amide bonds. The van der Waals surface area contributed by atoms with E-state index < -0.39 is 23.9 Å². The van der Waals surface area contributed by atoms with Gasteiger partial charge in [0, 0.05) is 46.0 Å². The van der Waals surface area contributed by atoms with Crippen LogP contribution in [0.5, 0.6) is 0 Å². The number of aliphatic carboxylic acids is 4. The first kappa shape index (κ1) is 58.7. The van der Waals surface area contributed by atoms with Crippen LogP contribution in [0.15, 0.2) is 106 Å². The van der Waals surface area contributed by atoms with Gasteiger partial charge >= 0.3 is 269 Å². The first-order valence-electron chi connectivity index (χ1n) is 27.9. The third-order valence-corrected chi connectivity index (χ3v) is 18.3. The molecule has 6 N–H and O–H groups in total. The number of allylic oxidation sites excluding steroid dienone is 9. The van der Waals surface area contributed by atoms with Gasteiger partial charge in [-0.05, 0) is 98.2 Å². The molecule has 0 saturated heterocycles. The molecule has 14 bridgehead atoms. The van der Waals surface area contributed by atoms with E-state index in [1.807, 2.05) is 97.0 Å². The molecule has 5 aromatic rings. The molecule has 5 aromatic heterocycles. The van der Waals surface area contributed by atoms with Crippen LogP contribution >= 0.6 is 0 Å². The van der Waals surface area contributed by atoms with Gasteiger partial charge in [0.25, 0.3) is 0 Å². The summed E-state index contributed by atoms with van der Waals surface area (Å²) in [5.74, 6) is -3.50. The minimum absolute atomic E-state index is 0.0140. The van der Waals surface area contributed by atoms with E-state index in [2.05, 4.69) is 68.6 Å². The van der Waals surface area contributed by atoms with Crippen molar-refractivity contribution < 1.29 is 55.0 Å². The summed E-state index contributed by atoms with van der Waals surface area (Å²) < 4.78 is 4.47. The number of nitrogens with one attached hydrogen (secondary N) is 2. The Morgan fingerprint density at radius 1 is 0.471 bits per heavy atom. The molecule has 0 saturated carbocycles. The summed E-state index contributed by atoms with van der Waals surface area (Å²) in [6, 6.07) is 7.88. The minimum Gasteiger partial charge on any atom is -0.481 e. The van der Waals surface area contributed by atoms with E-state index in [4.69, 9.17) is 20.0 Å². The maximum Gasteiger partial charge on any atom is 0.303 e. The third kappa shape index (κ3) is 10.8. The second-order valence-corrected chi connectivity index (χ2v) is 22.9. The van der Waals surface area contributed by atoms with Gasteiger partial charge in [0.2, 0.25) is 0 Å². The summed E-state index contributed by atoms with van der Waals surface area (Å²) in [7, 11) is 0. The van der Waals surface area contributed by atoms with E-state index in [9.17, 15) is 39.6 Å². The van der Waals surface area contributed by atoms with E-state index in [0.29, 0.717) is 52.5 Å². The number of hydrogen-bond acceptors (Lipinski definition) is 8. The smallest absolute Gasteiger partial charge is 0.303 e. The predicted molar refractivity (Wildman–Crippen MR) is 335 cm³/mol. The van der Waals surface area contributed by atoms with Gasteiger partial charge in [-0.2, -0.15) is 0 Å². The summed E-state index contributed by atoms with van der Waals surface area (Å²) in [5, 5.41) is 39.9. The molecular formula is C68H66FeN8O8. The fourth-order valence-electron chi connectivity index (χ4n) is 11.9. The predicted octanol–water partition coefficient (Wildman–Crippen LogP) is 12.2. The van der Waals surface area contributed by atoms with E-state index in [0.717, 1.165) is 167 Å². The second kappa shape index (κ2) is 23.3. The number of nitrogens with zero attached hydrogens (tertiary/aromatic N) is 6. The Labute approximate surface area is 498 Å². The Kier molecular flexibility index (Phi) is 16.1. The maximum atomic E-state index is 11.8. The molecule has 6 aliphatic heterocycles. The van der Waals surface area contributed by atoms with Crippen molar-refractivity contribution in [2.24, 2.45) is 9.98 Å². The van der Waals surface area contributed by atoms with Crippen LogP contribution in [0.4, 0.5) is 0 Å². The number of aromatic amines is 2. The van der Waals surface area contributed by atoms with Gasteiger partial charge < -0.3 is 20.2 Å². The SMILES string of the molecule is C=CC1=C(C)C2=NC/1=C\c1c(C)c(C=C)c3[n]1[Fe][n]1/c(c(C)c(CCC(=O)O)/c1=C/C1=NC(=C\3)/C(C)=C1CCC(=O)O)=C\2.C=CC1=C(C)c2cc3[nH]c(cc4nc(cc5[nH]c(cc1n2)c(C)c5CCC(=O)O)C(CCC(=O)O)=C4C)c(C)c3C=C. The van der Waals surface area contributed by atoms with Crippen molar-refractivity contribution in [2.75, 3.05) is 0 Å². The first-order chi connectivity index (χ1) is 40.5. The van der Waals surface area contributed by atoms with Crippen molar-refractivity contribution in [3.63, 3.8) is 0 Å². The van der Waals surface area contributed by atoms with Crippen LogP contribution in [0.3, 0.4) is 0 Å². The van der Waals surface area contributed by atoms with Crippen molar-refractivity contribution in [1.29, 1.82) is 0 Å². The van der Waals surface area contributed by atoms with E-state index in [-0.39, 0.29) is 25.7 Å². The molecule has 0 spiro atoms. The summed E-state index contributed by atoms with van der Waals surface area (Å²) in [5.41, 5.74) is 26.6. The van der Waals surface area contributed by atoms with Gasteiger partial charge in [0.15, 0.2) is 0 Å². The Hall–Kier alpha value is -9.44. The number of H-pyrrole nitrogens is 2. The van der Waals surface area contributed by atoms with E-state index in [1.165, 1.54) is 0 Å². The zero-order chi connectivity index (χ0) is 61.0. The quantitative estimate of drug-likeness (QED) is 0.0511. The number of aromatic nitrogens is 6. The fraction of sp³-hybridized carbons (Fsp3) is 0.235. The molecule has 0 radical (unpaired) electrons. The summed E-state index contributed by atoms with van der Waals surface area (Å²) in [6.07, 6.45) is 16.9. The number of carbonyl (C=O) groups is 4. The van der Waals surface area contributed by atoms with Crippen LogP contribution in [0.25, 0.3) is 80.8 Å². The van der Waals surface area contributed by atoms with Crippen molar-refractivity contribution in [3.8, 4) is 0 Å². The molecule has 11 rings (SSSR count). The standard InChI is InChI=1S/2C34H34N4O4.Fe/c2*1-7-21-17(3)25-13-26-19(5)23(9-11-33(39)40)31(37-26)16-32-24(10-12-34(41)42)20(6)28(38-32)15-30-22(8-2)18(4)27(36-30)14-29(21)35-25;/h7-8,13-16H,1-2,9-12H2,3-6H3,(H4,35,36,37,38,39,40,41,42);7-8,13-16,35,38H,1-2,9-12H2,3-6H3,(H,39,40)(H,41,42);/q;;+2/p-2/b25-13?,26-13-,27-14?,28-15-,29-14-,30-15?,31-16-,32-16?;;. The summed E-state index contributed by atoms with van der Waals surface area (Å²) >= 11 is 0.463. The number of aryl methyl sites for hydroxylation is 3. The molecule has 0 atom stereocenters. The molecule has 0 unspecified atom stereocenters. The second-order valence-electron chi connectivity index (χ2n) is 21.7. The molecule has 434 valence electrons. The number of carboxylic acid groups (broad SMARTS) is 4. The van der Waals surface area contributed by atoms with E-state index >= 15 is 0 Å². The Bertz CT molecular complexity index is 4510. The molecule has 0 aliphatic carbocycles. The number of fused-ring (bicyclic) bond motifs is 10. The molecule has 0 fully saturated rings. The van der Waals surface area contributed by atoms with Gasteiger partial charge in [-0.25, -0.2) is 9.97 Å². The fourth-order valence-corrected chi connectivity index (χ4v) is 13.5. The average molecular weight is 1180 g/mol. The zero-order valence-corrected chi connectivity index (χ0v) is 50.0. The Morgan fingerprint density at radius 2 is 1.00 bits per heavy atom. The number of aliphatic imine (C=N–C) groups is 2. The van der Waals surface area contributed by atoms with Crippen molar-refractivity contribution in [2.45, 2.75) is 107 Å². The number of carboxylic acids is 4. The Morgan fingerprint density at radius 3 is 1.65 bits per heavy atom. The Balaban J connectivity index is 0.000000189. The monoisotopic (exact) mass is 1180 g/mol. The van der Waals surface area contributed by atoms with Crippen LogP contribution in [0, 0.1) is 27.7 Å². The third-order valence-electron chi connectivity index (χ3n) is 16.8. The van der Waals surface area contributed by atoms with Crippen molar-refractivity contribution in [1.82, 2.24) is 27.1 Å². The number of hydrogen-bond donors (Lipinski definition) is 6. The van der Waals surface area contributed by atoms with Gasteiger partial charge in [-0.3, -0.25) is 9.59 Å². The molecular weight excluding hydrogens is 1110 g/mol. The van der Waals surface area contributed by atoms with Gasteiger partial charge in [0.1, 0.15) is 0 Å². The van der Waals surface area contributed by atoms with E-state index in [1.54, 1.807) is 6.08 Å².